The fraction of sp³-hybridized carbons (Fsp3) is 0.409. The fourth-order valence-corrected chi connectivity index (χ4v) is 4.72. The van der Waals surface area contributed by atoms with Crippen molar-refractivity contribution >= 4 is 17.5 Å². The second-order valence-corrected chi connectivity index (χ2v) is 8.63. The molecule has 0 unspecified atom stereocenters. The Morgan fingerprint density at radius 1 is 1.14 bits per heavy atom. The zero-order valence-electron chi connectivity index (χ0n) is 15.8. The van der Waals surface area contributed by atoms with Gasteiger partial charge in [0.1, 0.15) is 11.6 Å². The van der Waals surface area contributed by atoms with Crippen molar-refractivity contribution in [2.75, 3.05) is 5.75 Å². The summed E-state index contributed by atoms with van der Waals surface area (Å²) >= 11 is 1.47. The number of hydrogen-bond donors (Lipinski definition) is 0. The molecule has 0 saturated heterocycles. The lowest BCUT2D eigenvalue weighted by molar-refractivity contribution is 0.102. The van der Waals surface area contributed by atoms with E-state index in [2.05, 4.69) is 26.9 Å². The maximum Gasteiger partial charge on any atom is 0.192 e. The molecular formula is C22H23N3O2S. The van der Waals surface area contributed by atoms with Crippen molar-refractivity contribution in [3.8, 4) is 0 Å². The van der Waals surface area contributed by atoms with Gasteiger partial charge in [0, 0.05) is 11.5 Å². The van der Waals surface area contributed by atoms with Crippen molar-refractivity contribution in [3.05, 3.63) is 64.9 Å². The van der Waals surface area contributed by atoms with Gasteiger partial charge < -0.3 is 4.42 Å². The van der Waals surface area contributed by atoms with E-state index in [0.29, 0.717) is 18.2 Å². The molecule has 2 aliphatic carbocycles. The standard InChI is InChI=1S/C22H23N3O2S/c26-20(18-10-7-15-4-1-2-5-17(15)12-18)14-28-22-24-23-21(16-8-9-16)25(22)13-19-6-3-11-27-19/h3,6-7,10-12,16H,1-2,4-5,8-9,13-14H2. The minimum atomic E-state index is 0.152. The van der Waals surface area contributed by atoms with Crippen LogP contribution >= 0.6 is 11.8 Å². The van der Waals surface area contributed by atoms with Crippen molar-refractivity contribution in [1.82, 2.24) is 14.8 Å². The SMILES string of the molecule is O=C(CSc1nnc(C2CC2)n1Cc1ccco1)c1ccc2c(c1)CCCC2. The average molecular weight is 394 g/mol. The Balaban J connectivity index is 1.31. The van der Waals surface area contributed by atoms with Gasteiger partial charge in [0.25, 0.3) is 0 Å². The zero-order chi connectivity index (χ0) is 18.9. The highest BCUT2D eigenvalue weighted by molar-refractivity contribution is 7.99. The minimum Gasteiger partial charge on any atom is -0.467 e. The Kier molecular flexibility index (Phi) is 4.81. The van der Waals surface area contributed by atoms with Gasteiger partial charge in [-0.1, -0.05) is 23.9 Å². The molecule has 2 heterocycles. The van der Waals surface area contributed by atoms with E-state index in [1.165, 1.54) is 35.7 Å². The summed E-state index contributed by atoms with van der Waals surface area (Å²) in [5.74, 6) is 2.91. The lowest BCUT2D eigenvalue weighted by atomic mass is 9.90. The van der Waals surface area contributed by atoms with E-state index in [1.54, 1.807) is 6.26 Å². The van der Waals surface area contributed by atoms with E-state index in [1.807, 2.05) is 18.2 Å². The fourth-order valence-electron chi connectivity index (χ4n) is 3.88. The predicted molar refractivity (Wildman–Crippen MR) is 108 cm³/mol. The molecule has 1 fully saturated rings. The van der Waals surface area contributed by atoms with Crippen LogP contribution in [-0.4, -0.2) is 26.3 Å². The Bertz CT molecular complexity index is 989. The third-order valence-corrected chi connectivity index (χ3v) is 6.55. The highest BCUT2D eigenvalue weighted by Gasteiger charge is 2.31. The molecule has 1 aromatic carbocycles. The maximum atomic E-state index is 12.8. The van der Waals surface area contributed by atoms with Crippen LogP contribution in [-0.2, 0) is 19.4 Å². The number of fused-ring (bicyclic) bond motifs is 1. The van der Waals surface area contributed by atoms with Crippen LogP contribution in [0.4, 0.5) is 0 Å². The molecule has 1 saturated carbocycles. The molecule has 0 amide bonds. The van der Waals surface area contributed by atoms with Crippen molar-refractivity contribution in [2.45, 2.75) is 56.1 Å². The highest BCUT2D eigenvalue weighted by atomic mass is 32.2. The molecule has 6 heteroatoms. The number of ketones is 1. The lowest BCUT2D eigenvalue weighted by Crippen LogP contribution is -2.09. The van der Waals surface area contributed by atoms with Crippen LogP contribution in [0.5, 0.6) is 0 Å². The molecule has 0 spiro atoms. The van der Waals surface area contributed by atoms with E-state index >= 15 is 0 Å². The summed E-state index contributed by atoms with van der Waals surface area (Å²) < 4.78 is 7.62. The van der Waals surface area contributed by atoms with Crippen LogP contribution in [0, 0.1) is 0 Å². The normalized spacial score (nSPS) is 16.1. The summed E-state index contributed by atoms with van der Waals surface area (Å²) in [5, 5.41) is 9.58. The average Bonchev–Trinajstić information content (AvgIpc) is 3.29. The number of nitrogens with zero attached hydrogens (tertiary/aromatic N) is 3. The molecule has 0 radical (unpaired) electrons. The Labute approximate surface area is 168 Å². The number of aryl methyl sites for hydroxylation is 2. The van der Waals surface area contributed by atoms with Crippen molar-refractivity contribution < 1.29 is 9.21 Å². The lowest BCUT2D eigenvalue weighted by Gasteiger charge is -2.16. The summed E-state index contributed by atoms with van der Waals surface area (Å²) in [6.45, 7) is 0.612. The van der Waals surface area contributed by atoms with Crippen molar-refractivity contribution in [3.63, 3.8) is 0 Å². The number of thioether (sulfide) groups is 1. The number of rotatable bonds is 7. The van der Waals surface area contributed by atoms with E-state index in [0.717, 1.165) is 48.0 Å². The van der Waals surface area contributed by atoms with Gasteiger partial charge in [-0.2, -0.15) is 0 Å². The van der Waals surface area contributed by atoms with E-state index in [-0.39, 0.29) is 5.78 Å². The van der Waals surface area contributed by atoms with Crippen LogP contribution in [0.1, 0.15) is 64.7 Å². The van der Waals surface area contributed by atoms with Gasteiger partial charge in [-0.25, -0.2) is 0 Å². The van der Waals surface area contributed by atoms with E-state index in [9.17, 15) is 4.79 Å². The second kappa shape index (κ2) is 7.59. The topological polar surface area (TPSA) is 60.9 Å². The van der Waals surface area contributed by atoms with Gasteiger partial charge in [0.05, 0.1) is 18.6 Å². The first kappa shape index (κ1) is 17.7. The van der Waals surface area contributed by atoms with E-state index < -0.39 is 0 Å². The van der Waals surface area contributed by atoms with Crippen LogP contribution in [0.3, 0.4) is 0 Å². The maximum absolute atomic E-state index is 12.8. The molecule has 3 aromatic rings. The Morgan fingerprint density at radius 3 is 2.79 bits per heavy atom. The molecule has 0 atom stereocenters. The van der Waals surface area contributed by atoms with Crippen LogP contribution in [0.25, 0.3) is 0 Å². The van der Waals surface area contributed by atoms with Gasteiger partial charge in [0.2, 0.25) is 0 Å². The van der Waals surface area contributed by atoms with Gasteiger partial charge in [-0.3, -0.25) is 9.36 Å². The summed E-state index contributed by atoms with van der Waals surface area (Å²) in [6.07, 6.45) is 8.71. The van der Waals surface area contributed by atoms with Crippen LogP contribution < -0.4 is 0 Å². The molecule has 0 bridgehead atoms. The predicted octanol–water partition coefficient (Wildman–Crippen LogP) is 4.65. The summed E-state index contributed by atoms with van der Waals surface area (Å²) in [7, 11) is 0. The Morgan fingerprint density at radius 2 is 2.00 bits per heavy atom. The number of furan rings is 1. The molecule has 2 aliphatic rings. The Hall–Kier alpha value is -2.34. The molecular weight excluding hydrogens is 370 g/mol. The number of carbonyl (C=O) groups is 1. The largest absolute Gasteiger partial charge is 0.467 e. The number of aromatic nitrogens is 3. The monoisotopic (exact) mass is 393 g/mol. The first-order valence-corrected chi connectivity index (χ1v) is 11.0. The quantitative estimate of drug-likeness (QED) is 0.432. The van der Waals surface area contributed by atoms with E-state index in [4.69, 9.17) is 4.42 Å². The molecule has 0 aliphatic heterocycles. The molecule has 5 rings (SSSR count). The summed E-state index contributed by atoms with van der Waals surface area (Å²) in [5.41, 5.74) is 3.56. The second-order valence-electron chi connectivity index (χ2n) is 7.68. The molecule has 5 nitrogen and oxygen atoms in total. The third-order valence-electron chi connectivity index (χ3n) is 5.58. The molecule has 0 N–H and O–H groups in total. The smallest absolute Gasteiger partial charge is 0.192 e. The summed E-state index contributed by atoms with van der Waals surface area (Å²) in [6, 6.07) is 10.1. The molecule has 28 heavy (non-hydrogen) atoms. The first-order chi connectivity index (χ1) is 13.8. The van der Waals surface area contributed by atoms with Crippen molar-refractivity contribution in [1.29, 1.82) is 0 Å². The van der Waals surface area contributed by atoms with Gasteiger partial charge in [-0.15, -0.1) is 10.2 Å². The van der Waals surface area contributed by atoms with Crippen LogP contribution in [0.15, 0.2) is 46.2 Å². The van der Waals surface area contributed by atoms with Crippen molar-refractivity contribution in [2.24, 2.45) is 0 Å². The first-order valence-electron chi connectivity index (χ1n) is 10.0. The number of benzene rings is 1. The zero-order valence-corrected chi connectivity index (χ0v) is 16.6. The van der Waals surface area contributed by atoms with Crippen LogP contribution in [0.2, 0.25) is 0 Å². The minimum absolute atomic E-state index is 0.152. The molecule has 2 aromatic heterocycles. The number of hydrogen-bond acceptors (Lipinski definition) is 5. The van der Waals surface area contributed by atoms with Gasteiger partial charge >= 0.3 is 0 Å². The number of Topliss-reactive ketones (excluding diaryl/α,β-unsaturated/α-hetero) is 1. The molecule has 144 valence electrons. The summed E-state index contributed by atoms with van der Waals surface area (Å²) in [4.78, 5) is 12.8. The third kappa shape index (κ3) is 3.65. The highest BCUT2D eigenvalue weighted by Crippen LogP contribution is 2.40. The van der Waals surface area contributed by atoms with Gasteiger partial charge in [0.15, 0.2) is 10.9 Å². The van der Waals surface area contributed by atoms with Gasteiger partial charge in [-0.05, 0) is 67.9 Å². The number of carbonyl (C=O) groups excluding carboxylic acids is 1.